The molecule has 0 aromatic heterocycles. The molecular formula is C17H26N2O2. The average molecular weight is 290 g/mol. The van der Waals surface area contributed by atoms with E-state index in [0.717, 1.165) is 37.5 Å². The van der Waals surface area contributed by atoms with E-state index < -0.39 is 0 Å². The molecule has 1 aromatic rings. The Kier molecular flexibility index (Phi) is 4.36. The Balaban J connectivity index is 1.67. The number of hydrogen-bond acceptors (Lipinski definition) is 4. The summed E-state index contributed by atoms with van der Waals surface area (Å²) < 4.78 is 5.82. The van der Waals surface area contributed by atoms with Crippen molar-refractivity contribution in [2.24, 2.45) is 0 Å². The van der Waals surface area contributed by atoms with Crippen molar-refractivity contribution in [2.45, 2.75) is 45.3 Å². The smallest absolute Gasteiger partial charge is 0.167 e. The number of benzene rings is 1. The number of aryl methyl sites for hydroxylation is 1. The molecule has 0 bridgehead atoms. The molecule has 0 aliphatic carbocycles. The van der Waals surface area contributed by atoms with Crippen LogP contribution >= 0.6 is 0 Å². The Labute approximate surface area is 127 Å². The predicted octanol–water partition coefficient (Wildman–Crippen LogP) is 2.71. The van der Waals surface area contributed by atoms with Crippen molar-refractivity contribution in [3.63, 3.8) is 0 Å². The predicted molar refractivity (Wildman–Crippen MR) is 85.0 cm³/mol. The van der Waals surface area contributed by atoms with E-state index in [1.165, 1.54) is 24.0 Å². The third-order valence-corrected chi connectivity index (χ3v) is 4.69. The van der Waals surface area contributed by atoms with E-state index in [9.17, 15) is 0 Å². The lowest BCUT2D eigenvalue weighted by atomic mass is 9.86. The van der Waals surface area contributed by atoms with Crippen molar-refractivity contribution >= 4 is 5.69 Å². The van der Waals surface area contributed by atoms with Crippen LogP contribution in [0, 0.1) is 6.92 Å². The fourth-order valence-corrected chi connectivity index (χ4v) is 3.55. The number of likely N-dealkylation sites (tertiary alicyclic amines) is 1. The summed E-state index contributed by atoms with van der Waals surface area (Å²) in [6, 6.07) is 4.47. The molecule has 0 amide bonds. The van der Waals surface area contributed by atoms with Crippen molar-refractivity contribution in [1.29, 1.82) is 0 Å². The Morgan fingerprint density at radius 1 is 1.33 bits per heavy atom. The Bertz CT molecular complexity index is 496. The SMILES string of the molecule is Cc1cc2c(cc1C1CCN(CCCO)CC1)OC(C)N2. The topological polar surface area (TPSA) is 44.7 Å². The number of aliphatic hydroxyl groups is 1. The molecule has 2 N–H and O–H groups in total. The number of rotatable bonds is 4. The number of ether oxygens (including phenoxy) is 1. The maximum absolute atomic E-state index is 8.93. The third-order valence-electron chi connectivity index (χ3n) is 4.69. The molecule has 1 saturated heterocycles. The highest BCUT2D eigenvalue weighted by molar-refractivity contribution is 5.63. The standard InChI is InChI=1S/C17H26N2O2/c1-12-10-16-17(21-13(2)18-16)11-15(12)14-4-7-19(8-5-14)6-3-9-20/h10-11,13-14,18,20H,3-9H2,1-2H3. The molecule has 1 fully saturated rings. The molecule has 4 heteroatoms. The number of nitrogens with zero attached hydrogens (tertiary/aromatic N) is 1. The number of piperidine rings is 1. The van der Waals surface area contributed by atoms with Gasteiger partial charge < -0.3 is 20.1 Å². The minimum Gasteiger partial charge on any atom is -0.469 e. The van der Waals surface area contributed by atoms with Crippen molar-refractivity contribution in [3.8, 4) is 5.75 Å². The van der Waals surface area contributed by atoms with Crippen molar-refractivity contribution in [1.82, 2.24) is 4.90 Å². The van der Waals surface area contributed by atoms with Gasteiger partial charge in [-0.05, 0) is 75.4 Å². The molecule has 4 nitrogen and oxygen atoms in total. The van der Waals surface area contributed by atoms with Crippen LogP contribution in [0.3, 0.4) is 0 Å². The summed E-state index contributed by atoms with van der Waals surface area (Å²) in [4.78, 5) is 2.47. The Morgan fingerprint density at radius 3 is 2.81 bits per heavy atom. The highest BCUT2D eigenvalue weighted by Gasteiger charge is 2.25. The maximum Gasteiger partial charge on any atom is 0.167 e. The largest absolute Gasteiger partial charge is 0.469 e. The highest BCUT2D eigenvalue weighted by atomic mass is 16.5. The van der Waals surface area contributed by atoms with Gasteiger partial charge in [-0.3, -0.25) is 0 Å². The molecule has 1 unspecified atom stereocenters. The minimum atomic E-state index is 0.0787. The second-order valence-corrected chi connectivity index (χ2v) is 6.30. The summed E-state index contributed by atoms with van der Waals surface area (Å²) in [7, 11) is 0. The first-order chi connectivity index (χ1) is 10.2. The average Bonchev–Trinajstić information content (AvgIpc) is 2.84. The van der Waals surface area contributed by atoms with Crippen molar-refractivity contribution in [3.05, 3.63) is 23.3 Å². The van der Waals surface area contributed by atoms with Crippen molar-refractivity contribution in [2.75, 3.05) is 31.6 Å². The number of anilines is 1. The summed E-state index contributed by atoms with van der Waals surface area (Å²) in [5.41, 5.74) is 3.95. The van der Waals surface area contributed by atoms with Crippen LogP contribution < -0.4 is 10.1 Å². The van der Waals surface area contributed by atoms with Gasteiger partial charge in [0.1, 0.15) is 5.75 Å². The zero-order valence-corrected chi connectivity index (χ0v) is 13.1. The lowest BCUT2D eigenvalue weighted by molar-refractivity contribution is 0.187. The molecule has 2 aliphatic heterocycles. The molecule has 2 heterocycles. The summed E-state index contributed by atoms with van der Waals surface area (Å²) >= 11 is 0. The number of aliphatic hydroxyl groups excluding tert-OH is 1. The number of fused-ring (bicyclic) bond motifs is 1. The molecule has 21 heavy (non-hydrogen) atoms. The molecular weight excluding hydrogens is 264 g/mol. The van der Waals surface area contributed by atoms with E-state index >= 15 is 0 Å². The van der Waals surface area contributed by atoms with Gasteiger partial charge >= 0.3 is 0 Å². The van der Waals surface area contributed by atoms with Gasteiger partial charge in [-0.1, -0.05) is 0 Å². The van der Waals surface area contributed by atoms with Crippen LogP contribution in [0.2, 0.25) is 0 Å². The second-order valence-electron chi connectivity index (χ2n) is 6.30. The summed E-state index contributed by atoms with van der Waals surface area (Å²) in [5.74, 6) is 1.64. The molecule has 3 rings (SSSR count). The van der Waals surface area contributed by atoms with E-state index in [0.29, 0.717) is 12.5 Å². The molecule has 0 saturated carbocycles. The molecule has 2 aliphatic rings. The Morgan fingerprint density at radius 2 is 2.10 bits per heavy atom. The highest BCUT2D eigenvalue weighted by Crippen LogP contribution is 2.39. The van der Waals surface area contributed by atoms with Crippen LogP contribution in [0.4, 0.5) is 5.69 Å². The normalized spacial score (nSPS) is 22.7. The molecule has 0 radical (unpaired) electrons. The summed E-state index contributed by atoms with van der Waals surface area (Å²) in [6.07, 6.45) is 3.37. The van der Waals surface area contributed by atoms with Crippen LogP contribution in [0.1, 0.15) is 43.2 Å². The minimum absolute atomic E-state index is 0.0787. The monoisotopic (exact) mass is 290 g/mol. The van der Waals surface area contributed by atoms with E-state index in [1.54, 1.807) is 0 Å². The molecule has 0 spiro atoms. The lowest BCUT2D eigenvalue weighted by Crippen LogP contribution is -2.34. The first-order valence-electron chi connectivity index (χ1n) is 8.08. The number of hydrogen-bond donors (Lipinski definition) is 2. The van der Waals surface area contributed by atoms with E-state index in [4.69, 9.17) is 9.84 Å². The number of nitrogens with one attached hydrogen (secondary N) is 1. The fourth-order valence-electron chi connectivity index (χ4n) is 3.55. The van der Waals surface area contributed by atoms with Gasteiger partial charge in [0, 0.05) is 13.2 Å². The Hall–Kier alpha value is -1.26. The van der Waals surface area contributed by atoms with E-state index in [-0.39, 0.29) is 6.23 Å². The zero-order valence-electron chi connectivity index (χ0n) is 13.1. The first-order valence-corrected chi connectivity index (χ1v) is 8.08. The summed E-state index contributed by atoms with van der Waals surface area (Å²) in [6.45, 7) is 7.84. The summed E-state index contributed by atoms with van der Waals surface area (Å²) in [5, 5.41) is 12.3. The van der Waals surface area contributed by atoms with Gasteiger partial charge in [0.05, 0.1) is 5.69 Å². The molecule has 116 valence electrons. The van der Waals surface area contributed by atoms with Crippen molar-refractivity contribution < 1.29 is 9.84 Å². The van der Waals surface area contributed by atoms with E-state index in [1.807, 2.05) is 6.92 Å². The quantitative estimate of drug-likeness (QED) is 0.895. The fraction of sp³-hybridized carbons (Fsp3) is 0.647. The van der Waals surface area contributed by atoms with Crippen LogP contribution in [-0.4, -0.2) is 42.5 Å². The van der Waals surface area contributed by atoms with Gasteiger partial charge in [0.25, 0.3) is 0 Å². The zero-order chi connectivity index (χ0) is 14.8. The van der Waals surface area contributed by atoms with Crippen LogP contribution in [0.25, 0.3) is 0 Å². The first kappa shape index (κ1) is 14.7. The third kappa shape index (κ3) is 3.16. The van der Waals surface area contributed by atoms with E-state index in [2.05, 4.69) is 29.3 Å². The molecule has 1 aromatic carbocycles. The van der Waals surface area contributed by atoms with Crippen LogP contribution in [0.5, 0.6) is 5.75 Å². The van der Waals surface area contributed by atoms with Gasteiger partial charge in [-0.15, -0.1) is 0 Å². The van der Waals surface area contributed by atoms with Gasteiger partial charge in [0.2, 0.25) is 0 Å². The van der Waals surface area contributed by atoms with Gasteiger partial charge in [-0.25, -0.2) is 0 Å². The van der Waals surface area contributed by atoms with Gasteiger partial charge in [-0.2, -0.15) is 0 Å². The van der Waals surface area contributed by atoms with Crippen LogP contribution in [-0.2, 0) is 0 Å². The van der Waals surface area contributed by atoms with Crippen LogP contribution in [0.15, 0.2) is 12.1 Å². The lowest BCUT2D eigenvalue weighted by Gasteiger charge is -2.32. The van der Waals surface area contributed by atoms with Gasteiger partial charge in [0.15, 0.2) is 6.23 Å². The second kappa shape index (κ2) is 6.24. The molecule has 1 atom stereocenters. The maximum atomic E-state index is 8.93.